The number of aromatic carboxylic acids is 1. The molecule has 0 saturated carbocycles. The molecule has 3 N–H and O–H groups in total. The minimum atomic E-state index is -1.45. The monoisotopic (exact) mass is 474 g/mol. The molecule has 1 aliphatic heterocycles. The number of hydrogen-bond acceptors (Lipinski definition) is 5. The molecule has 4 rings (SSSR count). The van der Waals surface area contributed by atoms with Crippen molar-refractivity contribution in [1.82, 2.24) is 0 Å². The van der Waals surface area contributed by atoms with Crippen LogP contribution in [0.15, 0.2) is 42.5 Å². The van der Waals surface area contributed by atoms with Gasteiger partial charge in [0, 0.05) is 27.8 Å². The number of cyclic esters (lactones) is 1. The van der Waals surface area contributed by atoms with Crippen molar-refractivity contribution in [2.75, 3.05) is 0 Å². The first-order valence-electron chi connectivity index (χ1n) is 12.0. The molecule has 3 aromatic rings. The van der Waals surface area contributed by atoms with Gasteiger partial charge in [0.1, 0.15) is 11.5 Å². The van der Waals surface area contributed by atoms with Crippen molar-refractivity contribution in [2.45, 2.75) is 59.0 Å². The van der Waals surface area contributed by atoms with E-state index in [4.69, 9.17) is 4.74 Å². The SMILES string of the molecule is CCc1cc(O)c(CC)c(C2(c3cc(CC)cc(O)c3CC)OC(=O)c3cc(C(=O)O)ccc32)c1. The van der Waals surface area contributed by atoms with E-state index < -0.39 is 17.5 Å². The zero-order valence-electron chi connectivity index (χ0n) is 20.4. The quantitative estimate of drug-likeness (QED) is 0.390. The van der Waals surface area contributed by atoms with Gasteiger partial charge in [-0.2, -0.15) is 0 Å². The molecule has 0 aromatic heterocycles. The number of phenols is 2. The maximum absolute atomic E-state index is 13.3. The second kappa shape index (κ2) is 9.10. The summed E-state index contributed by atoms with van der Waals surface area (Å²) in [5.74, 6) is -1.56. The van der Waals surface area contributed by atoms with Crippen molar-refractivity contribution < 1.29 is 29.6 Å². The topological polar surface area (TPSA) is 104 Å². The lowest BCUT2D eigenvalue weighted by Gasteiger charge is -2.35. The molecule has 35 heavy (non-hydrogen) atoms. The van der Waals surface area contributed by atoms with Gasteiger partial charge in [-0.3, -0.25) is 0 Å². The van der Waals surface area contributed by atoms with Gasteiger partial charge in [-0.15, -0.1) is 0 Å². The van der Waals surface area contributed by atoms with Crippen LogP contribution in [0.1, 0.15) is 87.4 Å². The zero-order valence-corrected chi connectivity index (χ0v) is 20.4. The molecule has 0 bridgehead atoms. The van der Waals surface area contributed by atoms with Crippen LogP contribution in [-0.2, 0) is 36.0 Å². The lowest BCUT2D eigenvalue weighted by Crippen LogP contribution is -2.32. The maximum atomic E-state index is 13.3. The number of carbonyl (C=O) groups excluding carboxylic acids is 1. The largest absolute Gasteiger partial charge is 0.508 e. The molecule has 0 unspecified atom stereocenters. The smallest absolute Gasteiger partial charge is 0.340 e. The summed E-state index contributed by atoms with van der Waals surface area (Å²) in [6, 6.07) is 11.8. The molecule has 1 aliphatic rings. The summed E-state index contributed by atoms with van der Waals surface area (Å²) in [5.41, 5.74) is 3.44. The molecule has 3 aromatic carbocycles. The minimum absolute atomic E-state index is 0.0155. The van der Waals surface area contributed by atoms with E-state index in [2.05, 4.69) is 0 Å². The summed E-state index contributed by atoms with van der Waals surface area (Å²) in [7, 11) is 0. The molecule has 0 radical (unpaired) electrons. The standard InChI is InChI=1S/C29H30O6/c1-5-16-11-23(19(7-3)25(30)13-16)29(24-12-17(6-2)14-26(31)20(24)8-4)22-10-9-18(27(32)33)15-21(22)28(34)35-29/h9-15,30-31H,5-8H2,1-4H3,(H,32,33). The predicted molar refractivity (Wildman–Crippen MR) is 132 cm³/mol. The lowest BCUT2D eigenvalue weighted by molar-refractivity contribution is 0.0244. The van der Waals surface area contributed by atoms with Crippen LogP contribution in [0.5, 0.6) is 11.5 Å². The predicted octanol–water partition coefficient (Wildman–Crippen LogP) is 5.51. The van der Waals surface area contributed by atoms with Gasteiger partial charge in [-0.25, -0.2) is 9.59 Å². The van der Waals surface area contributed by atoms with Gasteiger partial charge in [0.25, 0.3) is 0 Å². The summed E-state index contributed by atoms with van der Waals surface area (Å²) < 4.78 is 6.27. The summed E-state index contributed by atoms with van der Waals surface area (Å²) in [6.07, 6.45) is 2.27. The van der Waals surface area contributed by atoms with E-state index in [-0.39, 0.29) is 22.6 Å². The number of fused-ring (bicyclic) bond motifs is 1. The number of carboxylic acids is 1. The Balaban J connectivity index is 2.21. The van der Waals surface area contributed by atoms with Crippen molar-refractivity contribution in [3.63, 3.8) is 0 Å². The van der Waals surface area contributed by atoms with Gasteiger partial charge in [-0.05, 0) is 61.1 Å². The van der Waals surface area contributed by atoms with Crippen LogP contribution in [0.25, 0.3) is 0 Å². The fraction of sp³-hybridized carbons (Fsp3) is 0.310. The average molecular weight is 475 g/mol. The molecule has 0 saturated heterocycles. The summed E-state index contributed by atoms with van der Waals surface area (Å²) in [6.45, 7) is 7.80. The third kappa shape index (κ3) is 3.73. The van der Waals surface area contributed by atoms with Crippen LogP contribution < -0.4 is 0 Å². The normalized spacial score (nSPS) is 14.0. The lowest BCUT2D eigenvalue weighted by atomic mass is 9.74. The number of carboxylic acid groups (broad SMARTS) is 1. The van der Waals surface area contributed by atoms with Crippen LogP contribution in [0.2, 0.25) is 0 Å². The number of carbonyl (C=O) groups is 2. The Bertz CT molecular complexity index is 1280. The van der Waals surface area contributed by atoms with Crippen LogP contribution in [0.3, 0.4) is 0 Å². The van der Waals surface area contributed by atoms with Crippen molar-refractivity contribution in [1.29, 1.82) is 0 Å². The zero-order chi connectivity index (χ0) is 25.5. The number of hydrogen-bond donors (Lipinski definition) is 3. The molecule has 6 heteroatoms. The summed E-state index contributed by atoms with van der Waals surface area (Å²) in [4.78, 5) is 25.0. The van der Waals surface area contributed by atoms with E-state index in [9.17, 15) is 24.9 Å². The number of aryl methyl sites for hydroxylation is 2. The number of esters is 1. The highest BCUT2D eigenvalue weighted by atomic mass is 16.6. The molecule has 0 atom stereocenters. The van der Waals surface area contributed by atoms with E-state index >= 15 is 0 Å². The fourth-order valence-corrected chi connectivity index (χ4v) is 5.16. The number of rotatable bonds is 7. The highest BCUT2D eigenvalue weighted by Gasteiger charge is 2.51. The molecule has 0 amide bonds. The number of aromatic hydroxyl groups is 2. The molecular weight excluding hydrogens is 444 g/mol. The number of phenolic OH excluding ortho intramolecular Hbond substituents is 2. The Morgan fingerprint density at radius 3 is 1.71 bits per heavy atom. The number of benzene rings is 3. The Hall–Kier alpha value is -3.80. The van der Waals surface area contributed by atoms with E-state index in [1.54, 1.807) is 18.2 Å². The Labute approximate surface area is 204 Å². The van der Waals surface area contributed by atoms with Gasteiger partial charge < -0.3 is 20.1 Å². The first-order chi connectivity index (χ1) is 16.7. The summed E-state index contributed by atoms with van der Waals surface area (Å²) in [5, 5.41) is 31.5. The highest BCUT2D eigenvalue weighted by molar-refractivity contribution is 5.99. The Morgan fingerprint density at radius 1 is 0.771 bits per heavy atom. The van der Waals surface area contributed by atoms with Gasteiger partial charge in [0.05, 0.1) is 11.1 Å². The van der Waals surface area contributed by atoms with Crippen LogP contribution in [-0.4, -0.2) is 27.3 Å². The van der Waals surface area contributed by atoms with E-state index in [0.717, 1.165) is 11.1 Å². The Morgan fingerprint density at radius 2 is 1.29 bits per heavy atom. The Kier molecular flexibility index (Phi) is 6.32. The molecular formula is C29H30O6. The van der Waals surface area contributed by atoms with Crippen molar-refractivity contribution in [3.8, 4) is 11.5 Å². The van der Waals surface area contributed by atoms with Crippen molar-refractivity contribution in [2.24, 2.45) is 0 Å². The van der Waals surface area contributed by atoms with E-state index in [1.165, 1.54) is 12.1 Å². The molecule has 1 heterocycles. The molecule has 6 nitrogen and oxygen atoms in total. The first-order valence-corrected chi connectivity index (χ1v) is 12.0. The first kappa shape index (κ1) is 24.3. The van der Waals surface area contributed by atoms with Gasteiger partial charge in [-0.1, -0.05) is 45.9 Å². The van der Waals surface area contributed by atoms with Crippen LogP contribution in [0.4, 0.5) is 0 Å². The third-order valence-corrected chi connectivity index (χ3v) is 6.97. The molecule has 0 spiro atoms. The second-order valence-electron chi connectivity index (χ2n) is 8.83. The van der Waals surface area contributed by atoms with Gasteiger partial charge in [0.15, 0.2) is 5.60 Å². The summed E-state index contributed by atoms with van der Waals surface area (Å²) >= 11 is 0. The second-order valence-corrected chi connectivity index (χ2v) is 8.83. The van der Waals surface area contributed by atoms with E-state index in [0.29, 0.717) is 53.5 Å². The third-order valence-electron chi connectivity index (χ3n) is 6.97. The van der Waals surface area contributed by atoms with Crippen molar-refractivity contribution >= 4 is 11.9 Å². The minimum Gasteiger partial charge on any atom is -0.508 e. The van der Waals surface area contributed by atoms with E-state index in [1.807, 2.05) is 39.8 Å². The maximum Gasteiger partial charge on any atom is 0.340 e. The van der Waals surface area contributed by atoms with Gasteiger partial charge >= 0.3 is 11.9 Å². The molecule has 0 aliphatic carbocycles. The van der Waals surface area contributed by atoms with Crippen molar-refractivity contribution in [3.05, 3.63) is 92.5 Å². The van der Waals surface area contributed by atoms with Crippen LogP contribution >= 0.6 is 0 Å². The fourth-order valence-electron chi connectivity index (χ4n) is 5.16. The van der Waals surface area contributed by atoms with Crippen LogP contribution in [0, 0.1) is 0 Å². The highest BCUT2D eigenvalue weighted by Crippen LogP contribution is 2.52. The molecule has 182 valence electrons. The molecule has 0 fully saturated rings. The number of ether oxygens (including phenoxy) is 1. The van der Waals surface area contributed by atoms with Gasteiger partial charge in [0.2, 0.25) is 0 Å². The average Bonchev–Trinajstić information content (AvgIpc) is 3.15.